The summed E-state index contributed by atoms with van der Waals surface area (Å²) in [6.45, 7) is 6.21. The van der Waals surface area contributed by atoms with Crippen LogP contribution in [-0.2, 0) is 4.79 Å². The van der Waals surface area contributed by atoms with E-state index in [9.17, 15) is 4.79 Å². The minimum absolute atomic E-state index is 0.121. The van der Waals surface area contributed by atoms with Gasteiger partial charge in [-0.2, -0.15) is 0 Å². The number of nitrogens with one attached hydrogen (secondary N) is 2. The summed E-state index contributed by atoms with van der Waals surface area (Å²) >= 11 is 0. The molecule has 0 aliphatic rings. The Hall–Kier alpha value is -0.990. The predicted molar refractivity (Wildman–Crippen MR) is 41.5 cm³/mol. The molecule has 0 aromatic carbocycles. The maximum Gasteiger partial charge on any atom is 0.266 e. The van der Waals surface area contributed by atoms with Crippen LogP contribution in [-0.4, -0.2) is 19.5 Å². The molecule has 0 rings (SSSR count). The Balaban J connectivity index is 3.52. The Morgan fingerprint density at radius 1 is 1.60 bits per heavy atom. The van der Waals surface area contributed by atoms with Crippen LogP contribution in [0.3, 0.4) is 0 Å². The predicted octanol–water partition coefficient (Wildman–Crippen LogP) is 0.246. The van der Waals surface area contributed by atoms with Gasteiger partial charge >= 0.3 is 0 Å². The first-order chi connectivity index (χ1) is 4.72. The van der Waals surface area contributed by atoms with Crippen LogP contribution < -0.4 is 10.6 Å². The van der Waals surface area contributed by atoms with Gasteiger partial charge in [-0.25, -0.2) is 0 Å². The van der Waals surface area contributed by atoms with E-state index in [1.807, 2.05) is 6.92 Å². The average molecular weight is 142 g/mol. The average Bonchev–Trinajstić information content (AvgIpc) is 1.98. The highest BCUT2D eigenvalue weighted by Gasteiger charge is 2.00. The highest BCUT2D eigenvalue weighted by Crippen LogP contribution is 1.81. The van der Waals surface area contributed by atoms with E-state index in [-0.39, 0.29) is 5.91 Å². The molecule has 0 radical (unpaired) electrons. The van der Waals surface area contributed by atoms with Crippen LogP contribution in [0.1, 0.15) is 13.3 Å². The Bertz CT molecular complexity index is 132. The fraction of sp³-hybridized carbons (Fsp3) is 0.571. The zero-order valence-electron chi connectivity index (χ0n) is 6.53. The van der Waals surface area contributed by atoms with Crippen molar-refractivity contribution in [3.63, 3.8) is 0 Å². The van der Waals surface area contributed by atoms with Gasteiger partial charge in [0.1, 0.15) is 0 Å². The van der Waals surface area contributed by atoms with E-state index in [4.69, 9.17) is 0 Å². The molecular weight excluding hydrogens is 128 g/mol. The van der Waals surface area contributed by atoms with Crippen molar-refractivity contribution in [3.05, 3.63) is 12.3 Å². The van der Waals surface area contributed by atoms with Crippen LogP contribution in [0.15, 0.2) is 12.3 Å². The van der Waals surface area contributed by atoms with Crippen LogP contribution in [0.4, 0.5) is 0 Å². The Labute approximate surface area is 61.5 Å². The summed E-state index contributed by atoms with van der Waals surface area (Å²) in [7, 11) is 1.67. The van der Waals surface area contributed by atoms with Gasteiger partial charge in [0.15, 0.2) is 0 Å². The lowest BCUT2D eigenvalue weighted by atomic mass is 10.4. The van der Waals surface area contributed by atoms with Crippen molar-refractivity contribution in [3.8, 4) is 0 Å². The van der Waals surface area contributed by atoms with Crippen molar-refractivity contribution in [2.24, 2.45) is 0 Å². The third-order valence-corrected chi connectivity index (χ3v) is 1.11. The maximum absolute atomic E-state index is 10.9. The fourth-order valence-electron chi connectivity index (χ4n) is 0.459. The minimum Gasteiger partial charge on any atom is -0.384 e. The van der Waals surface area contributed by atoms with Gasteiger partial charge < -0.3 is 10.6 Å². The van der Waals surface area contributed by atoms with E-state index in [0.29, 0.717) is 12.2 Å². The SMILES string of the molecule is C=C(NC)C(=O)NCCC. The zero-order valence-corrected chi connectivity index (χ0v) is 6.53. The molecule has 0 aromatic heterocycles. The van der Waals surface area contributed by atoms with Crippen LogP contribution >= 0.6 is 0 Å². The molecule has 10 heavy (non-hydrogen) atoms. The Morgan fingerprint density at radius 3 is 2.60 bits per heavy atom. The molecule has 2 N–H and O–H groups in total. The second-order valence-corrected chi connectivity index (χ2v) is 1.98. The van der Waals surface area contributed by atoms with Gasteiger partial charge in [0.2, 0.25) is 0 Å². The first-order valence-electron chi connectivity index (χ1n) is 3.37. The van der Waals surface area contributed by atoms with Crippen molar-refractivity contribution in [1.82, 2.24) is 10.6 Å². The lowest BCUT2D eigenvalue weighted by molar-refractivity contribution is -0.117. The first kappa shape index (κ1) is 9.01. The van der Waals surface area contributed by atoms with Crippen LogP contribution in [0.2, 0.25) is 0 Å². The molecule has 58 valence electrons. The molecule has 0 saturated carbocycles. The molecule has 0 aliphatic carbocycles. The molecule has 3 heteroatoms. The molecule has 1 amide bonds. The van der Waals surface area contributed by atoms with Gasteiger partial charge in [0.05, 0.1) is 5.70 Å². The molecule has 0 heterocycles. The van der Waals surface area contributed by atoms with E-state index >= 15 is 0 Å². The number of rotatable bonds is 4. The number of likely N-dealkylation sites (N-methyl/N-ethyl adjacent to an activating group) is 1. The summed E-state index contributed by atoms with van der Waals surface area (Å²) in [5.74, 6) is -0.121. The van der Waals surface area contributed by atoms with Crippen molar-refractivity contribution < 1.29 is 4.79 Å². The van der Waals surface area contributed by atoms with Crippen molar-refractivity contribution >= 4 is 5.91 Å². The third-order valence-electron chi connectivity index (χ3n) is 1.11. The lowest BCUT2D eigenvalue weighted by Crippen LogP contribution is -2.29. The summed E-state index contributed by atoms with van der Waals surface area (Å²) in [5, 5.41) is 5.35. The van der Waals surface area contributed by atoms with Crippen molar-refractivity contribution in [2.75, 3.05) is 13.6 Å². The van der Waals surface area contributed by atoms with Gasteiger partial charge in [-0.05, 0) is 6.42 Å². The van der Waals surface area contributed by atoms with E-state index in [2.05, 4.69) is 17.2 Å². The second-order valence-electron chi connectivity index (χ2n) is 1.98. The summed E-state index contributed by atoms with van der Waals surface area (Å²) in [4.78, 5) is 10.9. The molecule has 0 spiro atoms. The molecule has 0 aromatic rings. The van der Waals surface area contributed by atoms with Crippen LogP contribution in [0.25, 0.3) is 0 Å². The monoisotopic (exact) mass is 142 g/mol. The maximum atomic E-state index is 10.9. The van der Waals surface area contributed by atoms with E-state index in [0.717, 1.165) is 6.42 Å². The smallest absolute Gasteiger partial charge is 0.266 e. The molecule has 0 fully saturated rings. The van der Waals surface area contributed by atoms with E-state index < -0.39 is 0 Å². The number of carbonyl (C=O) groups excluding carboxylic acids is 1. The molecular formula is C7H14N2O. The normalized spacial score (nSPS) is 8.60. The zero-order chi connectivity index (χ0) is 7.98. The fourth-order valence-corrected chi connectivity index (χ4v) is 0.459. The summed E-state index contributed by atoms with van der Waals surface area (Å²) in [6, 6.07) is 0. The summed E-state index contributed by atoms with van der Waals surface area (Å²) in [6.07, 6.45) is 0.947. The highest BCUT2D eigenvalue weighted by atomic mass is 16.2. The van der Waals surface area contributed by atoms with Crippen molar-refractivity contribution in [2.45, 2.75) is 13.3 Å². The molecule has 0 aliphatic heterocycles. The molecule has 0 atom stereocenters. The molecule has 0 unspecified atom stereocenters. The summed E-state index contributed by atoms with van der Waals surface area (Å²) in [5.41, 5.74) is 0.411. The molecule has 0 saturated heterocycles. The Kier molecular flexibility index (Phi) is 4.37. The second kappa shape index (κ2) is 4.85. The van der Waals surface area contributed by atoms with Gasteiger partial charge in [-0.1, -0.05) is 13.5 Å². The van der Waals surface area contributed by atoms with Gasteiger partial charge in [-0.3, -0.25) is 4.79 Å². The molecule has 0 bridgehead atoms. The van der Waals surface area contributed by atoms with Crippen molar-refractivity contribution in [1.29, 1.82) is 0 Å². The Morgan fingerprint density at radius 2 is 2.20 bits per heavy atom. The third kappa shape index (κ3) is 3.12. The topological polar surface area (TPSA) is 41.1 Å². The van der Waals surface area contributed by atoms with Gasteiger partial charge in [0.25, 0.3) is 5.91 Å². The number of hydrogen-bond acceptors (Lipinski definition) is 2. The largest absolute Gasteiger partial charge is 0.384 e. The quantitative estimate of drug-likeness (QED) is 0.552. The first-order valence-corrected chi connectivity index (χ1v) is 3.37. The highest BCUT2D eigenvalue weighted by molar-refractivity contribution is 5.91. The van der Waals surface area contributed by atoms with Gasteiger partial charge in [0, 0.05) is 13.6 Å². The van der Waals surface area contributed by atoms with Crippen LogP contribution in [0.5, 0.6) is 0 Å². The number of carbonyl (C=O) groups is 1. The standard InChI is InChI=1S/C7H14N2O/c1-4-5-9-7(10)6(2)8-3/h8H,2,4-5H2,1,3H3,(H,9,10). The van der Waals surface area contributed by atoms with Crippen LogP contribution in [0, 0.1) is 0 Å². The molecule has 3 nitrogen and oxygen atoms in total. The van der Waals surface area contributed by atoms with E-state index in [1.54, 1.807) is 7.05 Å². The summed E-state index contributed by atoms with van der Waals surface area (Å²) < 4.78 is 0. The van der Waals surface area contributed by atoms with Gasteiger partial charge in [-0.15, -0.1) is 0 Å². The number of amides is 1. The minimum atomic E-state index is -0.121. The number of hydrogen-bond donors (Lipinski definition) is 2. The van der Waals surface area contributed by atoms with E-state index in [1.165, 1.54) is 0 Å². The lowest BCUT2D eigenvalue weighted by Gasteiger charge is -2.04.